The lowest BCUT2D eigenvalue weighted by Gasteiger charge is -2.22. The van der Waals surface area contributed by atoms with E-state index in [2.05, 4.69) is 14.9 Å². The number of nitrogens with two attached hydrogens (primary N) is 1. The van der Waals surface area contributed by atoms with Crippen molar-refractivity contribution in [3.05, 3.63) is 41.2 Å². The predicted molar refractivity (Wildman–Crippen MR) is 81.0 cm³/mol. The first-order valence-corrected chi connectivity index (χ1v) is 6.46. The summed E-state index contributed by atoms with van der Waals surface area (Å²) in [5, 5.41) is 0. The highest BCUT2D eigenvalue weighted by molar-refractivity contribution is 5.56. The zero-order chi connectivity index (χ0) is 14.7. The Morgan fingerprint density at radius 3 is 2.60 bits per heavy atom. The van der Waals surface area contributed by atoms with Gasteiger partial charge < -0.3 is 15.4 Å². The topological polar surface area (TPSA) is 64.3 Å². The van der Waals surface area contributed by atoms with Crippen molar-refractivity contribution in [3.8, 4) is 5.75 Å². The Labute approximate surface area is 119 Å². The van der Waals surface area contributed by atoms with E-state index in [1.165, 1.54) is 0 Å². The van der Waals surface area contributed by atoms with Gasteiger partial charge in [-0.2, -0.15) is 0 Å². The first kappa shape index (κ1) is 14.1. The molecule has 0 aliphatic carbocycles. The summed E-state index contributed by atoms with van der Waals surface area (Å²) < 4.78 is 5.38. The van der Waals surface area contributed by atoms with E-state index in [1.807, 2.05) is 45.2 Å². The molecule has 0 fully saturated rings. The molecule has 2 N–H and O–H groups in total. The molecule has 2 rings (SSSR count). The lowest BCUT2D eigenvalue weighted by atomic mass is 10.2. The lowest BCUT2D eigenvalue weighted by molar-refractivity contribution is 0.409. The molecule has 106 valence electrons. The quantitative estimate of drug-likeness (QED) is 0.925. The largest absolute Gasteiger partial charge is 0.496 e. The average molecular weight is 272 g/mol. The maximum Gasteiger partial charge on any atom is 0.137 e. The summed E-state index contributed by atoms with van der Waals surface area (Å²) in [6.45, 7) is 4.47. The molecule has 0 saturated heterocycles. The van der Waals surface area contributed by atoms with Gasteiger partial charge >= 0.3 is 0 Å². The number of aryl methyl sites for hydroxylation is 1. The van der Waals surface area contributed by atoms with E-state index in [0.717, 1.165) is 22.7 Å². The van der Waals surface area contributed by atoms with E-state index in [1.54, 1.807) is 7.11 Å². The highest BCUT2D eigenvalue weighted by atomic mass is 16.5. The summed E-state index contributed by atoms with van der Waals surface area (Å²) >= 11 is 0. The Kier molecular flexibility index (Phi) is 4.08. The van der Waals surface area contributed by atoms with Gasteiger partial charge in [0.25, 0.3) is 0 Å². The second kappa shape index (κ2) is 5.77. The smallest absolute Gasteiger partial charge is 0.137 e. The van der Waals surface area contributed by atoms with E-state index in [4.69, 9.17) is 10.5 Å². The van der Waals surface area contributed by atoms with Crippen LogP contribution in [0.3, 0.4) is 0 Å². The van der Waals surface area contributed by atoms with Crippen LogP contribution < -0.4 is 15.4 Å². The van der Waals surface area contributed by atoms with Crippen LogP contribution in [-0.4, -0.2) is 24.1 Å². The summed E-state index contributed by atoms with van der Waals surface area (Å²) in [5.74, 6) is 2.92. The van der Waals surface area contributed by atoms with Crippen molar-refractivity contribution in [2.45, 2.75) is 20.4 Å². The Hall–Kier alpha value is -2.30. The van der Waals surface area contributed by atoms with Crippen LogP contribution in [-0.2, 0) is 6.54 Å². The van der Waals surface area contributed by atoms with Crippen LogP contribution in [0.25, 0.3) is 0 Å². The fraction of sp³-hybridized carbons (Fsp3) is 0.333. The summed E-state index contributed by atoms with van der Waals surface area (Å²) in [6.07, 6.45) is 0. The average Bonchev–Trinajstić information content (AvgIpc) is 2.43. The van der Waals surface area contributed by atoms with E-state index >= 15 is 0 Å². The number of hydrogen-bond acceptors (Lipinski definition) is 5. The van der Waals surface area contributed by atoms with Crippen molar-refractivity contribution < 1.29 is 4.74 Å². The van der Waals surface area contributed by atoms with Gasteiger partial charge in [0.05, 0.1) is 7.11 Å². The van der Waals surface area contributed by atoms with Gasteiger partial charge in [-0.3, -0.25) is 0 Å². The van der Waals surface area contributed by atoms with Crippen LogP contribution in [0.15, 0.2) is 24.3 Å². The first-order valence-electron chi connectivity index (χ1n) is 6.46. The van der Waals surface area contributed by atoms with Crippen molar-refractivity contribution in [2.75, 3.05) is 24.8 Å². The number of anilines is 2. The molecular formula is C15H20N4O. The maximum absolute atomic E-state index is 5.91. The van der Waals surface area contributed by atoms with Gasteiger partial charge in [0, 0.05) is 24.7 Å². The number of methoxy groups -OCH3 is 1. The Morgan fingerprint density at radius 2 is 1.90 bits per heavy atom. The van der Waals surface area contributed by atoms with Gasteiger partial charge in [0.15, 0.2) is 0 Å². The highest BCUT2D eigenvalue weighted by Crippen LogP contribution is 2.24. The summed E-state index contributed by atoms with van der Waals surface area (Å²) in [4.78, 5) is 10.7. The SMILES string of the molecule is COc1ccccc1CN(C)c1nc(C)nc(N)c1C. The molecule has 5 heteroatoms. The third kappa shape index (κ3) is 2.82. The molecule has 20 heavy (non-hydrogen) atoms. The third-order valence-electron chi connectivity index (χ3n) is 3.23. The van der Waals surface area contributed by atoms with Crippen LogP contribution in [0.1, 0.15) is 17.0 Å². The van der Waals surface area contributed by atoms with Crippen LogP contribution in [0, 0.1) is 13.8 Å². The van der Waals surface area contributed by atoms with E-state index in [9.17, 15) is 0 Å². The molecule has 0 amide bonds. The van der Waals surface area contributed by atoms with Crippen molar-refractivity contribution in [3.63, 3.8) is 0 Å². The van der Waals surface area contributed by atoms with Crippen LogP contribution in [0.2, 0.25) is 0 Å². The normalized spacial score (nSPS) is 10.4. The number of benzene rings is 1. The van der Waals surface area contributed by atoms with Gasteiger partial charge in [-0.05, 0) is 19.9 Å². The molecule has 0 bridgehead atoms. The number of nitrogen functional groups attached to an aromatic ring is 1. The van der Waals surface area contributed by atoms with E-state index < -0.39 is 0 Å². The molecule has 0 aliphatic rings. The van der Waals surface area contributed by atoms with Crippen molar-refractivity contribution in [2.24, 2.45) is 0 Å². The molecule has 1 heterocycles. The molecule has 2 aromatic rings. The summed E-state index contributed by atoms with van der Waals surface area (Å²) in [5.41, 5.74) is 7.91. The van der Waals surface area contributed by atoms with E-state index in [0.29, 0.717) is 18.2 Å². The summed E-state index contributed by atoms with van der Waals surface area (Å²) in [6, 6.07) is 7.95. The number of ether oxygens (including phenoxy) is 1. The predicted octanol–water partition coefficient (Wildman–Crippen LogP) is 2.32. The van der Waals surface area contributed by atoms with Crippen molar-refractivity contribution >= 4 is 11.6 Å². The highest BCUT2D eigenvalue weighted by Gasteiger charge is 2.13. The fourth-order valence-corrected chi connectivity index (χ4v) is 2.17. The monoisotopic (exact) mass is 272 g/mol. The fourth-order valence-electron chi connectivity index (χ4n) is 2.17. The molecule has 0 aliphatic heterocycles. The van der Waals surface area contributed by atoms with Gasteiger partial charge in [0.2, 0.25) is 0 Å². The molecule has 0 atom stereocenters. The third-order valence-corrected chi connectivity index (χ3v) is 3.23. The second-order valence-corrected chi connectivity index (χ2v) is 4.77. The number of para-hydroxylation sites is 1. The molecular weight excluding hydrogens is 252 g/mol. The summed E-state index contributed by atoms with van der Waals surface area (Å²) in [7, 11) is 3.66. The zero-order valence-corrected chi connectivity index (χ0v) is 12.3. The van der Waals surface area contributed by atoms with Crippen LogP contribution in [0.4, 0.5) is 11.6 Å². The Balaban J connectivity index is 2.31. The number of hydrogen-bond donors (Lipinski definition) is 1. The van der Waals surface area contributed by atoms with E-state index in [-0.39, 0.29) is 0 Å². The van der Waals surface area contributed by atoms with Gasteiger partial charge in [-0.25, -0.2) is 9.97 Å². The number of rotatable bonds is 4. The van der Waals surface area contributed by atoms with Gasteiger partial charge in [0.1, 0.15) is 23.2 Å². The minimum Gasteiger partial charge on any atom is -0.496 e. The maximum atomic E-state index is 5.91. The Bertz CT molecular complexity index is 613. The molecule has 0 saturated carbocycles. The van der Waals surface area contributed by atoms with Crippen LogP contribution >= 0.6 is 0 Å². The lowest BCUT2D eigenvalue weighted by Crippen LogP contribution is -2.20. The molecule has 0 unspecified atom stereocenters. The minimum atomic E-state index is 0.527. The number of aromatic nitrogens is 2. The first-order chi connectivity index (χ1) is 9.52. The minimum absolute atomic E-state index is 0.527. The number of nitrogens with zero attached hydrogens (tertiary/aromatic N) is 3. The Morgan fingerprint density at radius 1 is 1.20 bits per heavy atom. The van der Waals surface area contributed by atoms with Crippen LogP contribution in [0.5, 0.6) is 5.75 Å². The van der Waals surface area contributed by atoms with Gasteiger partial charge in [-0.1, -0.05) is 18.2 Å². The van der Waals surface area contributed by atoms with Crippen molar-refractivity contribution in [1.82, 2.24) is 9.97 Å². The molecule has 1 aromatic heterocycles. The zero-order valence-electron chi connectivity index (χ0n) is 12.3. The standard InChI is InChI=1S/C15H20N4O/c1-10-14(16)17-11(2)18-15(10)19(3)9-12-7-5-6-8-13(12)20-4/h5-8H,9H2,1-4H3,(H2,16,17,18). The second-order valence-electron chi connectivity index (χ2n) is 4.77. The van der Waals surface area contributed by atoms with Gasteiger partial charge in [-0.15, -0.1) is 0 Å². The molecule has 5 nitrogen and oxygen atoms in total. The molecule has 1 aromatic carbocycles. The molecule has 0 radical (unpaired) electrons. The van der Waals surface area contributed by atoms with Crippen molar-refractivity contribution in [1.29, 1.82) is 0 Å². The molecule has 0 spiro atoms.